The quantitative estimate of drug-likeness (QED) is 0.554. The first-order valence-electron chi connectivity index (χ1n) is 7.55. The van der Waals surface area contributed by atoms with Crippen molar-refractivity contribution >= 4 is 27.4 Å². The molecule has 0 radical (unpaired) electrons. The Morgan fingerprint density at radius 1 is 1.48 bits per heavy atom. The fourth-order valence-corrected chi connectivity index (χ4v) is 3.17. The predicted molar refractivity (Wildman–Crippen MR) is 87.6 cm³/mol. The van der Waals surface area contributed by atoms with Crippen molar-refractivity contribution in [2.24, 2.45) is 5.92 Å². The Kier molecular flexibility index (Phi) is 5.56. The number of nitrogens with zero attached hydrogens (tertiary/aromatic N) is 3. The van der Waals surface area contributed by atoms with E-state index in [-0.39, 0.29) is 10.6 Å². The van der Waals surface area contributed by atoms with Gasteiger partial charge < -0.3 is 4.90 Å². The van der Waals surface area contributed by atoms with Crippen LogP contribution in [0.1, 0.15) is 46.0 Å². The van der Waals surface area contributed by atoms with Crippen molar-refractivity contribution in [1.82, 2.24) is 4.98 Å². The van der Waals surface area contributed by atoms with E-state index in [0.29, 0.717) is 22.3 Å². The van der Waals surface area contributed by atoms with E-state index in [2.05, 4.69) is 39.7 Å². The van der Waals surface area contributed by atoms with Gasteiger partial charge in [-0.3, -0.25) is 10.1 Å². The zero-order valence-corrected chi connectivity index (χ0v) is 14.2. The summed E-state index contributed by atoms with van der Waals surface area (Å²) in [6, 6.07) is 1.94. The van der Waals surface area contributed by atoms with E-state index in [4.69, 9.17) is 0 Å². The average Bonchev–Trinajstić information content (AvgIpc) is 2.93. The molecule has 1 aromatic rings. The first kappa shape index (κ1) is 16.2. The first-order chi connectivity index (χ1) is 9.99. The number of halogens is 1. The van der Waals surface area contributed by atoms with Crippen LogP contribution in [0.15, 0.2) is 16.7 Å². The van der Waals surface area contributed by atoms with Gasteiger partial charge in [0.15, 0.2) is 0 Å². The number of aromatic nitrogens is 1. The molecule has 1 saturated carbocycles. The van der Waals surface area contributed by atoms with Gasteiger partial charge in [-0.15, -0.1) is 0 Å². The van der Waals surface area contributed by atoms with Crippen molar-refractivity contribution in [2.45, 2.75) is 52.0 Å². The molecule has 116 valence electrons. The average molecular weight is 356 g/mol. The lowest BCUT2D eigenvalue weighted by atomic mass is 10.1. The lowest BCUT2D eigenvalue weighted by molar-refractivity contribution is -0.384. The molecule has 6 heteroatoms. The fraction of sp³-hybridized carbons (Fsp3) is 0.667. The highest BCUT2D eigenvalue weighted by Gasteiger charge is 2.29. The van der Waals surface area contributed by atoms with Crippen LogP contribution in [0.3, 0.4) is 0 Å². The molecule has 0 aromatic carbocycles. The van der Waals surface area contributed by atoms with E-state index < -0.39 is 0 Å². The van der Waals surface area contributed by atoms with Crippen LogP contribution >= 0.6 is 15.9 Å². The van der Waals surface area contributed by atoms with Crippen LogP contribution in [-0.4, -0.2) is 22.5 Å². The van der Waals surface area contributed by atoms with E-state index >= 15 is 0 Å². The van der Waals surface area contributed by atoms with Gasteiger partial charge in [0.1, 0.15) is 0 Å². The van der Waals surface area contributed by atoms with Gasteiger partial charge in [0.2, 0.25) is 5.82 Å². The molecular formula is C15H22BrN3O2. The number of nitro groups is 1. The van der Waals surface area contributed by atoms with Crippen molar-refractivity contribution in [1.29, 1.82) is 0 Å². The highest BCUT2D eigenvalue weighted by molar-refractivity contribution is 9.10. The topological polar surface area (TPSA) is 59.3 Å². The summed E-state index contributed by atoms with van der Waals surface area (Å²) in [6.07, 6.45) is 7.28. The summed E-state index contributed by atoms with van der Waals surface area (Å²) in [7, 11) is 0. The van der Waals surface area contributed by atoms with E-state index in [0.717, 1.165) is 25.8 Å². The Labute approximate surface area is 134 Å². The second-order valence-corrected chi connectivity index (χ2v) is 6.98. The van der Waals surface area contributed by atoms with Crippen LogP contribution in [0.5, 0.6) is 0 Å². The minimum atomic E-state index is -0.329. The standard InChI is InChI=1S/C15H22BrN3O2/c1-11(2)7-8-18(13-5-3-4-6-13)15-14(19(20)21)9-12(16)10-17-15/h9-11,13H,3-8H2,1-2H3. The van der Waals surface area contributed by atoms with Gasteiger partial charge in [-0.1, -0.05) is 26.7 Å². The van der Waals surface area contributed by atoms with Crippen molar-refractivity contribution in [2.75, 3.05) is 11.4 Å². The molecule has 1 aromatic heterocycles. The van der Waals surface area contributed by atoms with Gasteiger partial charge in [0, 0.05) is 29.3 Å². The monoisotopic (exact) mass is 355 g/mol. The second-order valence-electron chi connectivity index (χ2n) is 6.07. The number of hydrogen-bond donors (Lipinski definition) is 0. The van der Waals surface area contributed by atoms with Crippen molar-refractivity contribution in [3.63, 3.8) is 0 Å². The Bertz CT molecular complexity index is 502. The van der Waals surface area contributed by atoms with Gasteiger partial charge in [-0.25, -0.2) is 4.98 Å². The molecule has 1 heterocycles. The van der Waals surface area contributed by atoms with Gasteiger partial charge in [0.25, 0.3) is 0 Å². The summed E-state index contributed by atoms with van der Waals surface area (Å²) in [5, 5.41) is 11.3. The molecule has 0 aliphatic heterocycles. The minimum absolute atomic E-state index is 0.0973. The van der Waals surface area contributed by atoms with E-state index in [1.54, 1.807) is 12.3 Å². The third kappa shape index (κ3) is 4.15. The third-order valence-corrected chi connectivity index (χ3v) is 4.43. The summed E-state index contributed by atoms with van der Waals surface area (Å²) in [5.41, 5.74) is 0.0973. The lowest BCUT2D eigenvalue weighted by Crippen LogP contribution is -2.35. The van der Waals surface area contributed by atoms with Crippen LogP contribution in [0.2, 0.25) is 0 Å². The highest BCUT2D eigenvalue weighted by atomic mass is 79.9. The Morgan fingerprint density at radius 2 is 2.14 bits per heavy atom. The van der Waals surface area contributed by atoms with E-state index in [1.165, 1.54) is 12.8 Å². The second kappa shape index (κ2) is 7.20. The number of pyridine rings is 1. The zero-order valence-electron chi connectivity index (χ0n) is 12.6. The molecule has 2 rings (SSSR count). The van der Waals surface area contributed by atoms with Crippen LogP contribution in [0.4, 0.5) is 11.5 Å². The molecule has 1 aliphatic rings. The number of hydrogen-bond acceptors (Lipinski definition) is 4. The lowest BCUT2D eigenvalue weighted by Gasteiger charge is -2.30. The van der Waals surface area contributed by atoms with Crippen LogP contribution in [0.25, 0.3) is 0 Å². The summed E-state index contributed by atoms with van der Waals surface area (Å²) >= 11 is 3.27. The fourth-order valence-electron chi connectivity index (χ4n) is 2.85. The summed E-state index contributed by atoms with van der Waals surface area (Å²) in [5.74, 6) is 1.10. The molecule has 1 aliphatic carbocycles. The molecule has 0 amide bonds. The van der Waals surface area contributed by atoms with Crippen molar-refractivity contribution in [3.05, 3.63) is 26.9 Å². The van der Waals surface area contributed by atoms with Crippen LogP contribution < -0.4 is 4.90 Å². The summed E-state index contributed by atoms with van der Waals surface area (Å²) < 4.78 is 0.646. The Balaban J connectivity index is 2.32. The predicted octanol–water partition coefficient (Wildman–Crippen LogP) is 4.55. The van der Waals surface area contributed by atoms with Crippen LogP contribution in [0, 0.1) is 16.0 Å². The SMILES string of the molecule is CC(C)CCN(c1ncc(Br)cc1[N+](=O)[O-])C1CCCC1. The minimum Gasteiger partial charge on any atom is -0.348 e. The molecule has 0 saturated heterocycles. The first-order valence-corrected chi connectivity index (χ1v) is 8.35. The van der Waals surface area contributed by atoms with Gasteiger partial charge in [0.05, 0.1) is 4.92 Å². The maximum atomic E-state index is 11.3. The molecule has 0 bridgehead atoms. The van der Waals surface area contributed by atoms with E-state index in [9.17, 15) is 10.1 Å². The maximum Gasteiger partial charge on any atom is 0.312 e. The summed E-state index contributed by atoms with van der Waals surface area (Å²) in [4.78, 5) is 17.5. The molecule has 21 heavy (non-hydrogen) atoms. The molecule has 0 atom stereocenters. The zero-order chi connectivity index (χ0) is 15.4. The maximum absolute atomic E-state index is 11.3. The Morgan fingerprint density at radius 3 is 2.71 bits per heavy atom. The molecule has 0 spiro atoms. The van der Waals surface area contributed by atoms with Crippen molar-refractivity contribution in [3.8, 4) is 0 Å². The largest absolute Gasteiger partial charge is 0.348 e. The smallest absolute Gasteiger partial charge is 0.312 e. The number of rotatable bonds is 6. The normalized spacial score (nSPS) is 15.6. The van der Waals surface area contributed by atoms with Gasteiger partial charge in [-0.2, -0.15) is 0 Å². The summed E-state index contributed by atoms with van der Waals surface area (Å²) in [6.45, 7) is 5.18. The molecule has 0 N–H and O–H groups in total. The van der Waals surface area contributed by atoms with Crippen molar-refractivity contribution < 1.29 is 4.92 Å². The van der Waals surface area contributed by atoms with Gasteiger partial charge in [-0.05, 0) is 41.1 Å². The van der Waals surface area contributed by atoms with E-state index in [1.807, 2.05) is 0 Å². The third-order valence-electron chi connectivity index (χ3n) is 4.00. The molecule has 5 nitrogen and oxygen atoms in total. The molecule has 1 fully saturated rings. The molecule has 0 unspecified atom stereocenters. The Hall–Kier alpha value is -1.17. The van der Waals surface area contributed by atoms with Crippen LogP contribution in [-0.2, 0) is 0 Å². The highest BCUT2D eigenvalue weighted by Crippen LogP contribution is 2.34. The number of anilines is 1. The molecular weight excluding hydrogens is 334 g/mol. The van der Waals surface area contributed by atoms with Gasteiger partial charge >= 0.3 is 5.69 Å².